The highest BCUT2D eigenvalue weighted by Crippen LogP contribution is 2.26. The number of thiophene rings is 1. The summed E-state index contributed by atoms with van der Waals surface area (Å²) in [6.07, 6.45) is 1.86. The lowest BCUT2D eigenvalue weighted by Crippen LogP contribution is -2.21. The molecule has 3 rings (SSSR count). The third kappa shape index (κ3) is 3.32. The van der Waals surface area contributed by atoms with Crippen LogP contribution in [0.2, 0.25) is 0 Å². The zero-order chi connectivity index (χ0) is 14.5. The van der Waals surface area contributed by atoms with E-state index in [4.69, 9.17) is 4.74 Å². The van der Waals surface area contributed by atoms with Crippen molar-refractivity contribution in [2.45, 2.75) is 13.1 Å². The molecule has 0 saturated heterocycles. The van der Waals surface area contributed by atoms with Crippen molar-refractivity contribution in [3.05, 3.63) is 53.2 Å². The molecule has 21 heavy (non-hydrogen) atoms. The molecule has 2 aromatic heterocycles. The Morgan fingerprint density at radius 1 is 1.29 bits per heavy atom. The average Bonchev–Trinajstić information content (AvgIpc) is 3.12. The highest BCUT2D eigenvalue weighted by atomic mass is 32.1. The predicted molar refractivity (Wildman–Crippen MR) is 86.7 cm³/mol. The molecule has 0 bridgehead atoms. The van der Waals surface area contributed by atoms with E-state index >= 15 is 0 Å². The van der Waals surface area contributed by atoms with Crippen LogP contribution in [0.4, 0.5) is 0 Å². The van der Waals surface area contributed by atoms with E-state index in [0.717, 1.165) is 26.2 Å². The number of ether oxygens (including phenoxy) is 1. The van der Waals surface area contributed by atoms with Gasteiger partial charge in [-0.25, -0.2) is 0 Å². The number of benzene rings is 1. The van der Waals surface area contributed by atoms with Crippen molar-refractivity contribution in [3.63, 3.8) is 0 Å². The number of nitrogens with one attached hydrogen (secondary N) is 1. The van der Waals surface area contributed by atoms with Crippen molar-refractivity contribution < 1.29 is 4.74 Å². The Labute approximate surface area is 128 Å². The lowest BCUT2D eigenvalue weighted by Gasteiger charge is -2.08. The number of aromatic nitrogens is 2. The molecule has 0 aliphatic carbocycles. The van der Waals surface area contributed by atoms with Gasteiger partial charge in [-0.3, -0.25) is 4.68 Å². The predicted octanol–water partition coefficient (Wildman–Crippen LogP) is 2.88. The highest BCUT2D eigenvalue weighted by molar-refractivity contribution is 7.17. The second-order valence-electron chi connectivity index (χ2n) is 4.91. The van der Waals surface area contributed by atoms with Crippen molar-refractivity contribution in [3.8, 4) is 0 Å². The van der Waals surface area contributed by atoms with E-state index in [-0.39, 0.29) is 0 Å². The summed E-state index contributed by atoms with van der Waals surface area (Å²) in [7, 11) is 1.72. The molecule has 0 atom stereocenters. The first-order chi connectivity index (χ1) is 10.4. The Morgan fingerprint density at radius 3 is 3.10 bits per heavy atom. The van der Waals surface area contributed by atoms with Gasteiger partial charge in [0.25, 0.3) is 0 Å². The lowest BCUT2D eigenvalue weighted by atomic mass is 10.2. The number of hydrogen-bond acceptors (Lipinski definition) is 4. The number of methoxy groups -OCH3 is 1. The van der Waals surface area contributed by atoms with Gasteiger partial charge in [0.15, 0.2) is 0 Å². The molecule has 1 N–H and O–H groups in total. The van der Waals surface area contributed by atoms with E-state index in [9.17, 15) is 0 Å². The molecule has 5 heteroatoms. The fourth-order valence-electron chi connectivity index (χ4n) is 2.36. The third-order valence-electron chi connectivity index (χ3n) is 3.47. The van der Waals surface area contributed by atoms with Crippen LogP contribution in [0.3, 0.4) is 0 Å². The summed E-state index contributed by atoms with van der Waals surface area (Å²) < 4.78 is 8.44. The number of nitrogens with zero attached hydrogens (tertiary/aromatic N) is 2. The molecule has 3 aromatic rings. The molecule has 4 nitrogen and oxygen atoms in total. The summed E-state index contributed by atoms with van der Waals surface area (Å²) in [4.78, 5) is 0. The fourth-order valence-corrected chi connectivity index (χ4v) is 3.31. The molecule has 0 spiro atoms. The number of hydrogen-bond donors (Lipinski definition) is 1. The van der Waals surface area contributed by atoms with Crippen molar-refractivity contribution in [1.82, 2.24) is 15.1 Å². The Kier molecular flexibility index (Phi) is 4.65. The maximum atomic E-state index is 5.04. The minimum absolute atomic E-state index is 0.726. The smallest absolute Gasteiger partial charge is 0.0677 e. The molecule has 0 amide bonds. The quantitative estimate of drug-likeness (QED) is 0.682. The maximum Gasteiger partial charge on any atom is 0.0677 e. The zero-order valence-electron chi connectivity index (χ0n) is 12.1. The fraction of sp³-hybridized carbons (Fsp3) is 0.312. The molecule has 0 radical (unpaired) electrons. The van der Waals surface area contributed by atoms with Crippen LogP contribution >= 0.6 is 11.3 Å². The van der Waals surface area contributed by atoms with Gasteiger partial charge >= 0.3 is 0 Å². The maximum absolute atomic E-state index is 5.04. The van der Waals surface area contributed by atoms with Gasteiger partial charge in [0, 0.05) is 31.1 Å². The van der Waals surface area contributed by atoms with E-state index in [1.165, 1.54) is 21.3 Å². The normalized spacial score (nSPS) is 11.3. The van der Waals surface area contributed by atoms with E-state index < -0.39 is 0 Å². The largest absolute Gasteiger partial charge is 0.383 e. The Hall–Kier alpha value is -1.69. The van der Waals surface area contributed by atoms with Crippen LogP contribution in [0, 0.1) is 0 Å². The van der Waals surface area contributed by atoms with Crippen molar-refractivity contribution in [2.75, 3.05) is 20.3 Å². The second-order valence-corrected chi connectivity index (χ2v) is 5.82. The number of rotatable bonds is 7. The zero-order valence-corrected chi connectivity index (χ0v) is 12.9. The lowest BCUT2D eigenvalue weighted by molar-refractivity contribution is 0.199. The Bertz CT molecular complexity index is 704. The topological polar surface area (TPSA) is 39.1 Å². The van der Waals surface area contributed by atoms with Crippen LogP contribution in [0.25, 0.3) is 10.1 Å². The van der Waals surface area contributed by atoms with Gasteiger partial charge in [-0.1, -0.05) is 18.2 Å². The summed E-state index contributed by atoms with van der Waals surface area (Å²) >= 11 is 1.79. The van der Waals surface area contributed by atoms with Gasteiger partial charge in [-0.05, 0) is 28.5 Å². The van der Waals surface area contributed by atoms with Crippen LogP contribution < -0.4 is 5.32 Å². The first-order valence-corrected chi connectivity index (χ1v) is 7.92. The minimum Gasteiger partial charge on any atom is -0.383 e. The standard InChI is InChI=1S/C16H19N3OS/c1-20-9-8-17-10-14-6-7-18-19(14)11-13-12-21-16-5-3-2-4-15(13)16/h2-7,12,17H,8-11H2,1H3. The first-order valence-electron chi connectivity index (χ1n) is 7.04. The van der Waals surface area contributed by atoms with E-state index in [2.05, 4.69) is 50.8 Å². The molecular formula is C16H19N3OS. The molecule has 0 saturated carbocycles. The summed E-state index contributed by atoms with van der Waals surface area (Å²) in [5, 5.41) is 11.4. The molecular weight excluding hydrogens is 282 g/mol. The van der Waals surface area contributed by atoms with Crippen molar-refractivity contribution in [1.29, 1.82) is 0 Å². The Balaban J connectivity index is 1.72. The highest BCUT2D eigenvalue weighted by Gasteiger charge is 2.07. The van der Waals surface area contributed by atoms with E-state index in [1.54, 1.807) is 18.4 Å². The molecule has 0 aliphatic heterocycles. The van der Waals surface area contributed by atoms with Crippen LogP contribution in [0.15, 0.2) is 41.9 Å². The van der Waals surface area contributed by atoms with Gasteiger partial charge in [0.2, 0.25) is 0 Å². The molecule has 0 aliphatic rings. The van der Waals surface area contributed by atoms with Gasteiger partial charge in [-0.15, -0.1) is 11.3 Å². The van der Waals surface area contributed by atoms with Crippen LogP contribution in [-0.4, -0.2) is 30.0 Å². The van der Waals surface area contributed by atoms with E-state index in [0.29, 0.717) is 0 Å². The first kappa shape index (κ1) is 14.3. The second kappa shape index (κ2) is 6.85. The minimum atomic E-state index is 0.726. The summed E-state index contributed by atoms with van der Waals surface area (Å²) in [5.41, 5.74) is 2.53. The summed E-state index contributed by atoms with van der Waals surface area (Å²) in [6, 6.07) is 10.6. The molecule has 1 aromatic carbocycles. The Morgan fingerprint density at radius 2 is 2.19 bits per heavy atom. The third-order valence-corrected chi connectivity index (χ3v) is 4.49. The van der Waals surface area contributed by atoms with Crippen LogP contribution in [-0.2, 0) is 17.8 Å². The SMILES string of the molecule is COCCNCc1ccnn1Cc1csc2ccccc12. The van der Waals surface area contributed by atoms with Gasteiger partial charge in [0.1, 0.15) is 0 Å². The molecule has 2 heterocycles. The van der Waals surface area contributed by atoms with Gasteiger partial charge < -0.3 is 10.1 Å². The molecule has 0 unspecified atom stereocenters. The van der Waals surface area contributed by atoms with Crippen molar-refractivity contribution >= 4 is 21.4 Å². The average molecular weight is 301 g/mol. The summed E-state index contributed by atoms with van der Waals surface area (Å²) in [5.74, 6) is 0. The van der Waals surface area contributed by atoms with Gasteiger partial charge in [-0.2, -0.15) is 5.10 Å². The van der Waals surface area contributed by atoms with Crippen molar-refractivity contribution in [2.24, 2.45) is 0 Å². The number of fused-ring (bicyclic) bond motifs is 1. The molecule has 0 fully saturated rings. The van der Waals surface area contributed by atoms with Crippen LogP contribution in [0.1, 0.15) is 11.3 Å². The summed E-state index contributed by atoms with van der Waals surface area (Å²) in [6.45, 7) is 3.20. The van der Waals surface area contributed by atoms with E-state index in [1.807, 2.05) is 6.20 Å². The van der Waals surface area contributed by atoms with Crippen LogP contribution in [0.5, 0.6) is 0 Å². The van der Waals surface area contributed by atoms with Gasteiger partial charge in [0.05, 0.1) is 18.8 Å². The monoisotopic (exact) mass is 301 g/mol. The molecule has 110 valence electrons.